The van der Waals surface area contributed by atoms with Gasteiger partial charge in [-0.3, -0.25) is 14.4 Å². The number of carbonyl (C=O) groups excluding carboxylic acids is 3. The summed E-state index contributed by atoms with van der Waals surface area (Å²) >= 11 is 0. The first-order valence-corrected chi connectivity index (χ1v) is 14.3. The summed E-state index contributed by atoms with van der Waals surface area (Å²) in [5.74, 6) is -2.54. The second-order valence-corrected chi connectivity index (χ2v) is 11.2. The molecular weight excluding hydrogens is 496 g/mol. The molecule has 1 N–H and O–H groups in total. The van der Waals surface area contributed by atoms with E-state index < -0.39 is 35.0 Å². The second-order valence-electron chi connectivity index (χ2n) is 11.2. The summed E-state index contributed by atoms with van der Waals surface area (Å²) < 4.78 is 12.6. The Labute approximate surface area is 230 Å². The van der Waals surface area contributed by atoms with Crippen molar-refractivity contribution in [2.45, 2.75) is 76.5 Å². The highest BCUT2D eigenvalue weighted by Gasteiger charge is 2.75. The summed E-state index contributed by atoms with van der Waals surface area (Å²) in [5.41, 5.74) is 0.501. The van der Waals surface area contributed by atoms with E-state index in [2.05, 4.69) is 0 Å². The highest BCUT2D eigenvalue weighted by molar-refractivity contribution is 6.06. The van der Waals surface area contributed by atoms with Crippen LogP contribution in [0.3, 0.4) is 0 Å². The van der Waals surface area contributed by atoms with E-state index in [1.54, 1.807) is 9.80 Å². The van der Waals surface area contributed by atoms with Crippen LogP contribution in [-0.2, 0) is 23.9 Å². The Balaban J connectivity index is 1.61. The van der Waals surface area contributed by atoms with Crippen LogP contribution in [0.1, 0.15) is 56.6 Å². The number of benzene rings is 1. The molecule has 1 aromatic rings. The largest absolute Gasteiger partial charge is 0.465 e. The highest BCUT2D eigenvalue weighted by Crippen LogP contribution is 2.58. The van der Waals surface area contributed by atoms with Gasteiger partial charge in [-0.15, -0.1) is 0 Å². The van der Waals surface area contributed by atoms with Crippen LogP contribution in [0.2, 0.25) is 0 Å². The number of esters is 1. The molecule has 0 aliphatic carbocycles. The van der Waals surface area contributed by atoms with Crippen molar-refractivity contribution in [2.75, 3.05) is 31.2 Å². The van der Waals surface area contributed by atoms with E-state index in [9.17, 15) is 14.4 Å². The van der Waals surface area contributed by atoms with Crippen LogP contribution in [0.25, 0.3) is 0 Å². The van der Waals surface area contributed by atoms with Crippen LogP contribution in [-0.4, -0.2) is 71.3 Å². The van der Waals surface area contributed by atoms with E-state index >= 15 is 0 Å². The zero-order valence-corrected chi connectivity index (χ0v) is 23.2. The number of aliphatic hydroxyl groups excluding tert-OH is 1. The number of aryl methyl sites for hydroxylation is 2. The van der Waals surface area contributed by atoms with Crippen LogP contribution >= 0.6 is 0 Å². The normalized spacial score (nSPS) is 31.9. The lowest BCUT2D eigenvalue weighted by Crippen LogP contribution is -2.56. The van der Waals surface area contributed by atoms with Crippen LogP contribution in [0.5, 0.6) is 0 Å². The number of anilines is 1. The number of nitrogens with zero attached hydrogens (tertiary/aromatic N) is 2. The van der Waals surface area contributed by atoms with E-state index in [0.717, 1.165) is 29.7 Å². The van der Waals surface area contributed by atoms with Crippen molar-refractivity contribution in [3.63, 3.8) is 0 Å². The van der Waals surface area contributed by atoms with E-state index in [1.807, 2.05) is 63.3 Å². The number of hydrogen-bond donors (Lipinski definition) is 1. The Hall–Kier alpha value is -2.97. The zero-order valence-electron chi connectivity index (χ0n) is 23.2. The molecule has 2 fully saturated rings. The van der Waals surface area contributed by atoms with Gasteiger partial charge in [0, 0.05) is 25.4 Å². The molecule has 1 aromatic carbocycles. The SMILES string of the molecule is CC[C@]12C=CCCOC(=O)[C@H]1[C@H]1C(=O)N(CCCCCCO)C3C(=O)N(c4c(C)cccc4C)CC=C[C@@]31O2. The number of rotatable bonds is 8. The average Bonchev–Trinajstić information content (AvgIpc) is 3.25. The van der Waals surface area contributed by atoms with Crippen molar-refractivity contribution in [1.82, 2.24) is 4.90 Å². The first-order valence-electron chi connectivity index (χ1n) is 14.3. The standard InChI is InChI=1S/C31H40N2O6/c1-4-30-15-7-10-20-38-29(37)24(30)23-27(35)33(17-8-5-6-9-19-34)26-28(36)32(18-12-16-31(23,26)39-30)25-21(2)13-11-14-22(25)3/h7,11-16,23-24,26,34H,4-6,8-10,17-20H2,1-3H3/t23-,24+,26?,30-,31-/m0/s1. The van der Waals surface area contributed by atoms with Gasteiger partial charge in [-0.25, -0.2) is 0 Å². The minimum absolute atomic E-state index is 0.134. The number of ether oxygens (including phenoxy) is 2. The van der Waals surface area contributed by atoms with Gasteiger partial charge in [0.05, 0.1) is 12.5 Å². The number of aliphatic hydroxyl groups is 1. The third-order valence-electron chi connectivity index (χ3n) is 8.92. The quantitative estimate of drug-likeness (QED) is 0.310. The van der Waals surface area contributed by atoms with Crippen molar-refractivity contribution >= 4 is 23.5 Å². The first kappa shape index (κ1) is 27.6. The Morgan fingerprint density at radius 1 is 0.974 bits per heavy atom. The van der Waals surface area contributed by atoms with E-state index in [-0.39, 0.29) is 25.0 Å². The molecular formula is C31H40N2O6. The van der Waals surface area contributed by atoms with Gasteiger partial charge in [-0.2, -0.15) is 0 Å². The summed E-state index contributed by atoms with van der Waals surface area (Å²) in [7, 11) is 0. The Morgan fingerprint density at radius 2 is 1.72 bits per heavy atom. The van der Waals surface area contributed by atoms with Gasteiger partial charge in [0.15, 0.2) is 0 Å². The zero-order chi connectivity index (χ0) is 27.8. The maximum absolute atomic E-state index is 14.6. The number of likely N-dealkylation sites (tertiary alicyclic amines) is 1. The summed E-state index contributed by atoms with van der Waals surface area (Å²) in [4.78, 5) is 45.9. The fraction of sp³-hybridized carbons (Fsp3) is 0.581. The predicted octanol–water partition coefficient (Wildman–Crippen LogP) is 3.62. The van der Waals surface area contributed by atoms with Crippen molar-refractivity contribution in [1.29, 1.82) is 0 Å². The fourth-order valence-electron chi connectivity index (χ4n) is 7.15. The molecule has 8 nitrogen and oxygen atoms in total. The molecule has 210 valence electrons. The lowest BCUT2D eigenvalue weighted by molar-refractivity contribution is -0.160. The number of fused-ring (bicyclic) bond motifs is 2. The summed E-state index contributed by atoms with van der Waals surface area (Å²) in [5, 5.41) is 9.17. The van der Waals surface area contributed by atoms with E-state index in [1.165, 1.54) is 0 Å². The van der Waals surface area contributed by atoms with Gasteiger partial charge in [0.1, 0.15) is 23.2 Å². The smallest absolute Gasteiger partial charge is 0.313 e. The van der Waals surface area contributed by atoms with Gasteiger partial charge >= 0.3 is 5.97 Å². The Morgan fingerprint density at radius 3 is 2.44 bits per heavy atom. The topological polar surface area (TPSA) is 96.4 Å². The molecule has 1 unspecified atom stereocenters. The molecule has 0 radical (unpaired) electrons. The van der Waals surface area contributed by atoms with Crippen molar-refractivity contribution in [2.24, 2.45) is 11.8 Å². The number of cyclic esters (lactones) is 1. The molecule has 2 saturated heterocycles. The third-order valence-corrected chi connectivity index (χ3v) is 8.92. The van der Waals surface area contributed by atoms with E-state index in [4.69, 9.17) is 14.6 Å². The maximum atomic E-state index is 14.6. The van der Waals surface area contributed by atoms with Gasteiger partial charge in [0.25, 0.3) is 5.91 Å². The molecule has 0 bridgehead atoms. The molecule has 39 heavy (non-hydrogen) atoms. The molecule has 2 amide bonds. The summed E-state index contributed by atoms with van der Waals surface area (Å²) in [6.07, 6.45) is 11.8. The molecule has 4 aliphatic heterocycles. The molecule has 8 heteroatoms. The van der Waals surface area contributed by atoms with Crippen LogP contribution < -0.4 is 4.90 Å². The number of carbonyl (C=O) groups is 3. The second kappa shape index (κ2) is 10.9. The van der Waals surface area contributed by atoms with Crippen molar-refractivity contribution in [3.05, 3.63) is 53.6 Å². The molecule has 0 aromatic heterocycles. The van der Waals surface area contributed by atoms with Gasteiger partial charge < -0.3 is 24.4 Å². The Kier molecular flexibility index (Phi) is 7.71. The highest BCUT2D eigenvalue weighted by atomic mass is 16.6. The predicted molar refractivity (Wildman–Crippen MR) is 147 cm³/mol. The van der Waals surface area contributed by atoms with Gasteiger partial charge in [-0.05, 0) is 50.7 Å². The lowest BCUT2D eigenvalue weighted by atomic mass is 9.73. The third kappa shape index (κ3) is 4.42. The molecule has 4 aliphatic rings. The van der Waals surface area contributed by atoms with E-state index in [0.29, 0.717) is 38.8 Å². The molecule has 4 heterocycles. The molecule has 5 atom stereocenters. The molecule has 0 saturated carbocycles. The van der Waals surface area contributed by atoms with Crippen LogP contribution in [0.4, 0.5) is 5.69 Å². The number of para-hydroxylation sites is 1. The molecule has 1 spiro atoms. The number of unbranched alkanes of at least 4 members (excludes halogenated alkanes) is 3. The number of amides is 2. The fourth-order valence-corrected chi connectivity index (χ4v) is 7.15. The van der Waals surface area contributed by atoms with Gasteiger partial charge in [0.2, 0.25) is 5.91 Å². The van der Waals surface area contributed by atoms with Crippen molar-refractivity contribution in [3.8, 4) is 0 Å². The Bertz CT molecular complexity index is 1170. The van der Waals surface area contributed by atoms with Crippen LogP contribution in [0, 0.1) is 25.7 Å². The van der Waals surface area contributed by atoms with Crippen LogP contribution in [0.15, 0.2) is 42.5 Å². The van der Waals surface area contributed by atoms with Gasteiger partial charge in [-0.1, -0.05) is 62.3 Å². The lowest BCUT2D eigenvalue weighted by Gasteiger charge is -2.39. The molecule has 5 rings (SSSR count). The summed E-state index contributed by atoms with van der Waals surface area (Å²) in [6.45, 7) is 7.05. The number of hydrogen-bond acceptors (Lipinski definition) is 6. The minimum atomic E-state index is -1.28. The minimum Gasteiger partial charge on any atom is -0.465 e. The van der Waals surface area contributed by atoms with Crippen molar-refractivity contribution < 1.29 is 29.0 Å². The average molecular weight is 537 g/mol. The summed E-state index contributed by atoms with van der Waals surface area (Å²) in [6, 6.07) is 5.05. The maximum Gasteiger partial charge on any atom is 0.313 e. The monoisotopic (exact) mass is 536 g/mol. The first-order chi connectivity index (χ1) is 18.8.